The van der Waals surface area contributed by atoms with E-state index in [9.17, 15) is 4.79 Å². The molecule has 130 valence electrons. The van der Waals surface area contributed by atoms with Crippen molar-refractivity contribution in [3.05, 3.63) is 42.0 Å². The third-order valence-corrected chi connectivity index (χ3v) is 5.01. The van der Waals surface area contributed by atoms with Crippen LogP contribution >= 0.6 is 0 Å². The first kappa shape index (κ1) is 17.2. The zero-order chi connectivity index (χ0) is 16.6. The third kappa shape index (κ3) is 5.18. The van der Waals surface area contributed by atoms with Gasteiger partial charge in [0.2, 0.25) is 5.91 Å². The van der Waals surface area contributed by atoms with Gasteiger partial charge < -0.3 is 4.90 Å². The smallest absolute Gasteiger partial charge is 0.236 e. The number of rotatable bonds is 5. The van der Waals surface area contributed by atoms with E-state index >= 15 is 0 Å². The maximum atomic E-state index is 12.3. The van der Waals surface area contributed by atoms with Gasteiger partial charge in [0.25, 0.3) is 0 Å². The second kappa shape index (κ2) is 9.00. The summed E-state index contributed by atoms with van der Waals surface area (Å²) in [6, 6.07) is 10.4. The van der Waals surface area contributed by atoms with Crippen LogP contribution in [-0.2, 0) is 4.79 Å². The molecular weight excluding hydrogens is 298 g/mol. The molecule has 1 aromatic rings. The van der Waals surface area contributed by atoms with Crippen LogP contribution in [0.5, 0.6) is 0 Å². The molecule has 2 aliphatic rings. The summed E-state index contributed by atoms with van der Waals surface area (Å²) in [4.78, 5) is 19.2. The van der Waals surface area contributed by atoms with Crippen molar-refractivity contribution < 1.29 is 4.79 Å². The van der Waals surface area contributed by atoms with Crippen molar-refractivity contribution in [2.24, 2.45) is 0 Å². The molecule has 1 aromatic carbocycles. The van der Waals surface area contributed by atoms with Gasteiger partial charge in [0.05, 0.1) is 6.54 Å². The summed E-state index contributed by atoms with van der Waals surface area (Å²) in [5.74, 6) is 0.326. The summed E-state index contributed by atoms with van der Waals surface area (Å²) in [6.45, 7) is 7.61. The molecule has 3 rings (SSSR count). The highest BCUT2D eigenvalue weighted by atomic mass is 16.2. The minimum absolute atomic E-state index is 0.326. The number of benzene rings is 1. The lowest BCUT2D eigenvalue weighted by atomic mass is 10.1. The molecule has 0 saturated carbocycles. The maximum absolute atomic E-state index is 12.3. The molecule has 2 fully saturated rings. The summed E-state index contributed by atoms with van der Waals surface area (Å²) in [7, 11) is 0. The number of nitrogens with zero attached hydrogens (tertiary/aromatic N) is 3. The van der Waals surface area contributed by atoms with Crippen LogP contribution < -0.4 is 0 Å². The van der Waals surface area contributed by atoms with Gasteiger partial charge in [-0.2, -0.15) is 0 Å². The summed E-state index contributed by atoms with van der Waals surface area (Å²) >= 11 is 0. The van der Waals surface area contributed by atoms with Gasteiger partial charge in [0, 0.05) is 45.8 Å². The minimum Gasteiger partial charge on any atom is -0.342 e. The SMILES string of the molecule is O=C(CN1CCN(CC=Cc2ccccc2)CC1)N1CCCCC1. The van der Waals surface area contributed by atoms with E-state index in [4.69, 9.17) is 0 Å². The first-order chi connectivity index (χ1) is 11.8. The predicted molar refractivity (Wildman–Crippen MR) is 98.8 cm³/mol. The molecule has 2 saturated heterocycles. The van der Waals surface area contributed by atoms with E-state index < -0.39 is 0 Å². The molecule has 0 atom stereocenters. The van der Waals surface area contributed by atoms with Crippen molar-refractivity contribution in [1.82, 2.24) is 14.7 Å². The maximum Gasteiger partial charge on any atom is 0.236 e. The lowest BCUT2D eigenvalue weighted by molar-refractivity contribution is -0.133. The van der Waals surface area contributed by atoms with Gasteiger partial charge >= 0.3 is 0 Å². The first-order valence-corrected chi connectivity index (χ1v) is 9.25. The van der Waals surface area contributed by atoms with Crippen LogP contribution in [0, 0.1) is 0 Å². The van der Waals surface area contributed by atoms with Crippen LogP contribution in [0.15, 0.2) is 36.4 Å². The summed E-state index contributed by atoms with van der Waals surface area (Å²) in [5, 5.41) is 0. The first-order valence-electron chi connectivity index (χ1n) is 9.25. The van der Waals surface area contributed by atoms with Crippen LogP contribution in [0.4, 0.5) is 0 Å². The lowest BCUT2D eigenvalue weighted by Gasteiger charge is -2.35. The van der Waals surface area contributed by atoms with Crippen molar-refractivity contribution in [2.45, 2.75) is 19.3 Å². The van der Waals surface area contributed by atoms with E-state index in [2.05, 4.69) is 51.1 Å². The van der Waals surface area contributed by atoms with Gasteiger partial charge in [-0.1, -0.05) is 42.5 Å². The average molecular weight is 327 g/mol. The predicted octanol–water partition coefficient (Wildman–Crippen LogP) is 2.33. The number of carbonyl (C=O) groups excluding carboxylic acids is 1. The highest BCUT2D eigenvalue weighted by molar-refractivity contribution is 5.78. The van der Waals surface area contributed by atoms with Gasteiger partial charge in [0.1, 0.15) is 0 Å². The summed E-state index contributed by atoms with van der Waals surface area (Å²) < 4.78 is 0. The Morgan fingerprint density at radius 2 is 1.54 bits per heavy atom. The van der Waals surface area contributed by atoms with Gasteiger partial charge in [0.15, 0.2) is 0 Å². The minimum atomic E-state index is 0.326. The largest absolute Gasteiger partial charge is 0.342 e. The molecule has 4 nitrogen and oxygen atoms in total. The van der Waals surface area contributed by atoms with Crippen molar-refractivity contribution in [3.8, 4) is 0 Å². The molecular formula is C20H29N3O. The monoisotopic (exact) mass is 327 g/mol. The van der Waals surface area contributed by atoms with Crippen LogP contribution in [0.25, 0.3) is 6.08 Å². The molecule has 2 aliphatic heterocycles. The van der Waals surface area contributed by atoms with E-state index in [0.717, 1.165) is 45.8 Å². The summed E-state index contributed by atoms with van der Waals surface area (Å²) in [5.41, 5.74) is 1.25. The molecule has 1 amide bonds. The fraction of sp³-hybridized carbons (Fsp3) is 0.550. The Bertz CT molecular complexity index is 529. The molecule has 0 radical (unpaired) electrons. The third-order valence-electron chi connectivity index (χ3n) is 5.01. The Morgan fingerprint density at radius 3 is 2.25 bits per heavy atom. The lowest BCUT2D eigenvalue weighted by Crippen LogP contribution is -2.50. The Balaban J connectivity index is 1.36. The average Bonchev–Trinajstić information content (AvgIpc) is 2.65. The zero-order valence-corrected chi connectivity index (χ0v) is 14.6. The Morgan fingerprint density at radius 1 is 0.875 bits per heavy atom. The van der Waals surface area contributed by atoms with Gasteiger partial charge in [-0.05, 0) is 24.8 Å². The van der Waals surface area contributed by atoms with E-state index in [0.29, 0.717) is 12.5 Å². The van der Waals surface area contributed by atoms with Gasteiger partial charge in [-0.15, -0.1) is 0 Å². The normalized spacial score (nSPS) is 20.6. The summed E-state index contributed by atoms with van der Waals surface area (Å²) in [6.07, 6.45) is 8.05. The second-order valence-electron chi connectivity index (χ2n) is 6.83. The van der Waals surface area contributed by atoms with Crippen molar-refractivity contribution in [1.29, 1.82) is 0 Å². The topological polar surface area (TPSA) is 26.8 Å². The number of hydrogen-bond acceptors (Lipinski definition) is 3. The van der Waals surface area contributed by atoms with Crippen LogP contribution in [-0.4, -0.2) is 73.0 Å². The van der Waals surface area contributed by atoms with E-state index in [-0.39, 0.29) is 0 Å². The molecule has 2 heterocycles. The number of piperazine rings is 1. The van der Waals surface area contributed by atoms with E-state index in [1.807, 2.05) is 6.07 Å². The van der Waals surface area contributed by atoms with Gasteiger partial charge in [-0.25, -0.2) is 0 Å². The van der Waals surface area contributed by atoms with Crippen LogP contribution in [0.3, 0.4) is 0 Å². The number of carbonyl (C=O) groups is 1. The zero-order valence-electron chi connectivity index (χ0n) is 14.6. The molecule has 24 heavy (non-hydrogen) atoms. The van der Waals surface area contributed by atoms with Crippen LogP contribution in [0.1, 0.15) is 24.8 Å². The Kier molecular flexibility index (Phi) is 6.44. The molecule has 0 bridgehead atoms. The Hall–Kier alpha value is -1.65. The number of amides is 1. The standard InChI is InChI=1S/C20H29N3O/c24-20(23-12-5-2-6-13-23)18-22-16-14-21(15-17-22)11-7-10-19-8-3-1-4-9-19/h1,3-4,7-10H,2,5-6,11-18H2. The molecule has 0 aliphatic carbocycles. The van der Waals surface area contributed by atoms with Gasteiger partial charge in [-0.3, -0.25) is 14.6 Å². The quantitative estimate of drug-likeness (QED) is 0.830. The van der Waals surface area contributed by atoms with Crippen LogP contribution in [0.2, 0.25) is 0 Å². The molecule has 0 aromatic heterocycles. The Labute approximate surface area is 145 Å². The number of piperidine rings is 1. The number of likely N-dealkylation sites (tertiary alicyclic amines) is 1. The molecule has 0 N–H and O–H groups in total. The molecule has 0 unspecified atom stereocenters. The van der Waals surface area contributed by atoms with Crippen molar-refractivity contribution >= 4 is 12.0 Å². The highest BCUT2D eigenvalue weighted by Crippen LogP contribution is 2.10. The highest BCUT2D eigenvalue weighted by Gasteiger charge is 2.22. The molecule has 4 heteroatoms. The fourth-order valence-corrected chi connectivity index (χ4v) is 3.47. The molecule has 0 spiro atoms. The van der Waals surface area contributed by atoms with Crippen molar-refractivity contribution in [3.63, 3.8) is 0 Å². The second-order valence-corrected chi connectivity index (χ2v) is 6.83. The van der Waals surface area contributed by atoms with E-state index in [1.165, 1.54) is 24.8 Å². The fourth-order valence-electron chi connectivity index (χ4n) is 3.47. The van der Waals surface area contributed by atoms with Crippen molar-refractivity contribution in [2.75, 3.05) is 52.4 Å². The van der Waals surface area contributed by atoms with E-state index in [1.54, 1.807) is 0 Å². The number of hydrogen-bond donors (Lipinski definition) is 0.